The van der Waals surface area contributed by atoms with Crippen molar-refractivity contribution in [2.75, 3.05) is 26.4 Å². The van der Waals surface area contributed by atoms with E-state index in [9.17, 15) is 0 Å². The second kappa shape index (κ2) is 6.38. The summed E-state index contributed by atoms with van der Waals surface area (Å²) in [6.45, 7) is 6.83. The predicted molar refractivity (Wildman–Crippen MR) is 57.4 cm³/mol. The minimum Gasteiger partial charge on any atom is -0.394 e. The van der Waals surface area contributed by atoms with Gasteiger partial charge < -0.3 is 9.84 Å². The molecule has 0 bridgehead atoms. The topological polar surface area (TPSA) is 32.7 Å². The number of hydrogen-bond donors (Lipinski definition) is 1. The molecule has 3 heteroatoms. The van der Waals surface area contributed by atoms with Crippen molar-refractivity contribution in [1.29, 1.82) is 0 Å². The normalized spacial score (nSPS) is 17.8. The number of hydrogen-bond acceptors (Lipinski definition) is 3. The first-order chi connectivity index (χ1) is 6.75. The van der Waals surface area contributed by atoms with E-state index in [4.69, 9.17) is 9.84 Å². The molecule has 1 rings (SSSR count). The molecule has 1 N–H and O–H groups in total. The molecular formula is C11H23NO2. The molecule has 0 atom stereocenters. The molecule has 0 aromatic rings. The van der Waals surface area contributed by atoms with E-state index in [1.165, 1.54) is 19.3 Å². The van der Waals surface area contributed by atoms with Crippen LogP contribution in [0.15, 0.2) is 0 Å². The Kier molecular flexibility index (Phi) is 5.45. The van der Waals surface area contributed by atoms with E-state index in [0.29, 0.717) is 12.6 Å². The second-order valence-corrected chi connectivity index (χ2v) is 4.25. The summed E-state index contributed by atoms with van der Waals surface area (Å²) in [7, 11) is 0. The van der Waals surface area contributed by atoms with E-state index < -0.39 is 0 Å². The van der Waals surface area contributed by atoms with E-state index in [1.807, 2.05) is 0 Å². The van der Waals surface area contributed by atoms with Crippen LogP contribution in [-0.2, 0) is 4.74 Å². The van der Waals surface area contributed by atoms with Gasteiger partial charge in [0.2, 0.25) is 0 Å². The Morgan fingerprint density at radius 2 is 2.07 bits per heavy atom. The van der Waals surface area contributed by atoms with Gasteiger partial charge in [0.1, 0.15) is 0 Å². The fraction of sp³-hybridized carbons (Fsp3) is 1.00. The maximum atomic E-state index is 8.57. The van der Waals surface area contributed by atoms with Crippen LogP contribution < -0.4 is 0 Å². The zero-order valence-corrected chi connectivity index (χ0v) is 9.41. The lowest BCUT2D eigenvalue weighted by Crippen LogP contribution is -2.46. The van der Waals surface area contributed by atoms with Crippen molar-refractivity contribution in [3.63, 3.8) is 0 Å². The predicted octanol–water partition coefficient (Wildman–Crippen LogP) is 1.26. The zero-order chi connectivity index (χ0) is 10.4. The first-order valence-corrected chi connectivity index (χ1v) is 5.70. The lowest BCUT2D eigenvalue weighted by molar-refractivity contribution is 0.0341. The molecule has 0 radical (unpaired) electrons. The van der Waals surface area contributed by atoms with Gasteiger partial charge in [0.25, 0.3) is 0 Å². The number of aliphatic hydroxyl groups is 1. The molecule has 0 spiro atoms. The molecule has 0 aromatic carbocycles. The maximum Gasteiger partial charge on any atom is 0.0698 e. The summed E-state index contributed by atoms with van der Waals surface area (Å²) in [4.78, 5) is 2.51. The molecule has 0 amide bonds. The average molecular weight is 201 g/mol. The van der Waals surface area contributed by atoms with Crippen LogP contribution >= 0.6 is 0 Å². The second-order valence-electron chi connectivity index (χ2n) is 4.25. The van der Waals surface area contributed by atoms with Crippen molar-refractivity contribution in [3.8, 4) is 0 Å². The Morgan fingerprint density at radius 1 is 1.36 bits per heavy atom. The van der Waals surface area contributed by atoms with Crippen LogP contribution in [0.2, 0.25) is 0 Å². The van der Waals surface area contributed by atoms with Crippen LogP contribution in [-0.4, -0.2) is 48.5 Å². The fourth-order valence-electron chi connectivity index (χ4n) is 1.92. The number of ether oxygens (including phenoxy) is 1. The van der Waals surface area contributed by atoms with Gasteiger partial charge in [0, 0.05) is 18.6 Å². The number of aliphatic hydroxyl groups excluding tert-OH is 1. The van der Waals surface area contributed by atoms with Gasteiger partial charge >= 0.3 is 0 Å². The van der Waals surface area contributed by atoms with Gasteiger partial charge in [-0.2, -0.15) is 0 Å². The van der Waals surface area contributed by atoms with Gasteiger partial charge in [-0.1, -0.05) is 6.42 Å². The largest absolute Gasteiger partial charge is 0.394 e. The van der Waals surface area contributed by atoms with E-state index in [2.05, 4.69) is 18.7 Å². The summed E-state index contributed by atoms with van der Waals surface area (Å²) in [5.41, 5.74) is 0. The highest BCUT2D eigenvalue weighted by molar-refractivity contribution is 4.81. The minimum atomic E-state index is 0.130. The van der Waals surface area contributed by atoms with Crippen molar-refractivity contribution in [1.82, 2.24) is 4.90 Å². The standard InChI is InChI=1S/C11H23NO2/c1-10(2)12(11-4-3-5-11)6-8-14-9-7-13/h10-11,13H,3-9H2,1-2H3. The van der Waals surface area contributed by atoms with Crippen LogP contribution in [0.4, 0.5) is 0 Å². The van der Waals surface area contributed by atoms with Gasteiger partial charge in [-0.05, 0) is 26.7 Å². The van der Waals surface area contributed by atoms with Crippen molar-refractivity contribution in [2.24, 2.45) is 0 Å². The first-order valence-electron chi connectivity index (χ1n) is 5.70. The molecule has 3 nitrogen and oxygen atoms in total. The third kappa shape index (κ3) is 3.56. The molecule has 0 saturated heterocycles. The summed E-state index contributed by atoms with van der Waals surface area (Å²) in [6.07, 6.45) is 4.07. The molecule has 14 heavy (non-hydrogen) atoms. The number of nitrogens with zero attached hydrogens (tertiary/aromatic N) is 1. The molecule has 0 aromatic heterocycles. The SMILES string of the molecule is CC(C)N(CCOCCO)C1CCC1. The van der Waals surface area contributed by atoms with Crippen molar-refractivity contribution in [3.05, 3.63) is 0 Å². The zero-order valence-electron chi connectivity index (χ0n) is 9.41. The molecule has 1 aliphatic carbocycles. The van der Waals surface area contributed by atoms with Crippen molar-refractivity contribution in [2.45, 2.75) is 45.2 Å². The van der Waals surface area contributed by atoms with Crippen molar-refractivity contribution < 1.29 is 9.84 Å². The van der Waals surface area contributed by atoms with Crippen LogP contribution in [0.1, 0.15) is 33.1 Å². The summed E-state index contributed by atoms with van der Waals surface area (Å²) >= 11 is 0. The van der Waals surface area contributed by atoms with Gasteiger partial charge in [-0.3, -0.25) is 4.90 Å². The molecule has 84 valence electrons. The summed E-state index contributed by atoms with van der Waals surface area (Å²) in [5, 5.41) is 8.57. The van der Waals surface area contributed by atoms with E-state index >= 15 is 0 Å². The Labute approximate surface area is 87.1 Å². The summed E-state index contributed by atoms with van der Waals surface area (Å²) in [5.74, 6) is 0. The first kappa shape index (κ1) is 12.0. The lowest BCUT2D eigenvalue weighted by Gasteiger charge is -2.40. The molecular weight excluding hydrogens is 178 g/mol. The molecule has 1 saturated carbocycles. The van der Waals surface area contributed by atoms with E-state index in [0.717, 1.165) is 19.2 Å². The minimum absolute atomic E-state index is 0.130. The van der Waals surface area contributed by atoms with Gasteiger partial charge in [-0.15, -0.1) is 0 Å². The fourth-order valence-corrected chi connectivity index (χ4v) is 1.92. The maximum absolute atomic E-state index is 8.57. The van der Waals surface area contributed by atoms with Gasteiger partial charge in [-0.25, -0.2) is 0 Å². The third-order valence-electron chi connectivity index (χ3n) is 2.94. The van der Waals surface area contributed by atoms with Gasteiger partial charge in [0.05, 0.1) is 19.8 Å². The Bertz CT molecular complexity index is 146. The quantitative estimate of drug-likeness (QED) is 0.629. The average Bonchev–Trinajstić information content (AvgIpc) is 2.06. The lowest BCUT2D eigenvalue weighted by atomic mass is 9.90. The molecule has 0 aliphatic heterocycles. The Balaban J connectivity index is 2.15. The molecule has 0 unspecified atom stereocenters. The Hall–Kier alpha value is -0.120. The van der Waals surface area contributed by atoms with Crippen LogP contribution in [0.25, 0.3) is 0 Å². The number of rotatable bonds is 7. The van der Waals surface area contributed by atoms with E-state index in [1.54, 1.807) is 0 Å². The highest BCUT2D eigenvalue weighted by Gasteiger charge is 2.26. The summed E-state index contributed by atoms with van der Waals surface area (Å²) < 4.78 is 5.29. The van der Waals surface area contributed by atoms with Crippen LogP contribution in [0, 0.1) is 0 Å². The Morgan fingerprint density at radius 3 is 2.50 bits per heavy atom. The van der Waals surface area contributed by atoms with E-state index in [-0.39, 0.29) is 6.61 Å². The molecule has 1 aliphatic rings. The highest BCUT2D eigenvalue weighted by Crippen LogP contribution is 2.25. The van der Waals surface area contributed by atoms with Crippen LogP contribution in [0.5, 0.6) is 0 Å². The molecule has 1 fully saturated rings. The highest BCUT2D eigenvalue weighted by atomic mass is 16.5. The molecule has 0 heterocycles. The van der Waals surface area contributed by atoms with Crippen molar-refractivity contribution >= 4 is 0 Å². The van der Waals surface area contributed by atoms with Gasteiger partial charge in [0.15, 0.2) is 0 Å². The third-order valence-corrected chi connectivity index (χ3v) is 2.94. The van der Waals surface area contributed by atoms with Crippen LogP contribution in [0.3, 0.4) is 0 Å². The summed E-state index contributed by atoms with van der Waals surface area (Å²) in [6, 6.07) is 1.39. The monoisotopic (exact) mass is 201 g/mol. The smallest absolute Gasteiger partial charge is 0.0698 e.